The lowest BCUT2D eigenvalue weighted by Gasteiger charge is -2.19. The van der Waals surface area contributed by atoms with Gasteiger partial charge in [-0.1, -0.05) is 27.7 Å². The second-order valence-corrected chi connectivity index (χ2v) is 6.15. The van der Waals surface area contributed by atoms with Crippen molar-refractivity contribution in [1.29, 1.82) is 0 Å². The minimum Gasteiger partial charge on any atom is -0.493 e. The van der Waals surface area contributed by atoms with E-state index in [0.29, 0.717) is 18.3 Å². The quantitative estimate of drug-likeness (QED) is 0.741. The van der Waals surface area contributed by atoms with Crippen LogP contribution in [0.3, 0.4) is 0 Å². The molecule has 0 spiro atoms. The number of carbonyl (C=O) groups is 3. The Hall–Kier alpha value is -2.57. The highest BCUT2D eigenvalue weighted by Gasteiger charge is 2.27. The Morgan fingerprint density at radius 1 is 1.08 bits per heavy atom. The zero-order chi connectivity index (χ0) is 18.3. The van der Waals surface area contributed by atoms with E-state index in [4.69, 9.17) is 15.2 Å². The summed E-state index contributed by atoms with van der Waals surface area (Å²) in [6.07, 6.45) is -1.11. The van der Waals surface area contributed by atoms with Crippen LogP contribution in [0, 0.1) is 11.8 Å². The average molecular weight is 336 g/mol. The van der Waals surface area contributed by atoms with E-state index in [2.05, 4.69) is 0 Å². The molecule has 1 aromatic rings. The molecule has 0 heterocycles. The lowest BCUT2D eigenvalue weighted by atomic mass is 10.1. The Morgan fingerprint density at radius 3 is 2.12 bits per heavy atom. The first-order valence-electron chi connectivity index (χ1n) is 7.74. The fourth-order valence-electron chi connectivity index (χ4n) is 1.82. The van der Waals surface area contributed by atoms with Crippen molar-refractivity contribution < 1.29 is 23.9 Å². The van der Waals surface area contributed by atoms with E-state index in [1.54, 1.807) is 38.1 Å². The summed E-state index contributed by atoms with van der Waals surface area (Å²) in [6, 6.07) is 5.44. The zero-order valence-corrected chi connectivity index (χ0v) is 14.4. The van der Waals surface area contributed by atoms with Gasteiger partial charge in [-0.2, -0.15) is 0 Å². The van der Waals surface area contributed by atoms with Gasteiger partial charge in [-0.15, -0.1) is 0 Å². The first-order chi connectivity index (χ1) is 11.2. The number of primary amides is 1. The number of rotatable bonds is 7. The topological polar surface area (TPSA) is 108 Å². The zero-order valence-electron chi connectivity index (χ0n) is 14.4. The second-order valence-electron chi connectivity index (χ2n) is 6.15. The smallest absolute Gasteiger partial charge is 0.338 e. The van der Waals surface area contributed by atoms with E-state index in [0.717, 1.165) is 0 Å². The monoisotopic (exact) mass is 336 g/mol. The fraction of sp³-hybridized carbons (Fsp3) is 0.471. The van der Waals surface area contributed by atoms with Crippen molar-refractivity contribution in [3.63, 3.8) is 0 Å². The number of ether oxygens (including phenoxy) is 2. The minimum atomic E-state index is -1.11. The van der Waals surface area contributed by atoms with Gasteiger partial charge in [0.2, 0.25) is 0 Å². The molecule has 1 aromatic carbocycles. The van der Waals surface area contributed by atoms with Gasteiger partial charge in [-0.25, -0.2) is 9.59 Å². The van der Waals surface area contributed by atoms with Crippen molar-refractivity contribution in [1.82, 2.24) is 5.32 Å². The number of hydrogen-bond acceptors (Lipinski definition) is 5. The third-order valence-corrected chi connectivity index (χ3v) is 3.02. The summed E-state index contributed by atoms with van der Waals surface area (Å²) in [5.41, 5.74) is 5.20. The molecule has 0 aromatic heterocycles. The molecule has 0 radical (unpaired) electrons. The third kappa shape index (κ3) is 6.28. The molecule has 7 heteroatoms. The van der Waals surface area contributed by atoms with E-state index in [1.807, 2.05) is 19.2 Å². The van der Waals surface area contributed by atoms with Gasteiger partial charge in [0.25, 0.3) is 5.91 Å². The highest BCUT2D eigenvalue weighted by molar-refractivity contribution is 5.98. The third-order valence-electron chi connectivity index (χ3n) is 3.02. The first kappa shape index (κ1) is 19.5. The highest BCUT2D eigenvalue weighted by atomic mass is 16.5. The average Bonchev–Trinajstić information content (AvgIpc) is 2.49. The van der Waals surface area contributed by atoms with E-state index < -0.39 is 24.0 Å². The molecule has 132 valence electrons. The maximum Gasteiger partial charge on any atom is 0.338 e. The van der Waals surface area contributed by atoms with Crippen molar-refractivity contribution in [3.8, 4) is 5.75 Å². The number of benzene rings is 1. The van der Waals surface area contributed by atoms with E-state index in [-0.39, 0.29) is 11.5 Å². The molecular formula is C17H24N2O5. The van der Waals surface area contributed by atoms with Crippen LogP contribution in [0.25, 0.3) is 0 Å². The minimum absolute atomic E-state index is 0.282. The van der Waals surface area contributed by atoms with Crippen LogP contribution in [0.5, 0.6) is 5.75 Å². The number of esters is 1. The molecule has 0 aliphatic heterocycles. The first-order valence-corrected chi connectivity index (χ1v) is 7.74. The summed E-state index contributed by atoms with van der Waals surface area (Å²) in [5.74, 6) is -0.689. The summed E-state index contributed by atoms with van der Waals surface area (Å²) in [7, 11) is 0. The molecule has 0 saturated carbocycles. The summed E-state index contributed by atoms with van der Waals surface area (Å²) >= 11 is 0. The molecule has 0 bridgehead atoms. The van der Waals surface area contributed by atoms with Crippen LogP contribution in [-0.4, -0.2) is 30.6 Å². The van der Waals surface area contributed by atoms with Crippen molar-refractivity contribution in [2.24, 2.45) is 17.6 Å². The molecule has 7 nitrogen and oxygen atoms in total. The Morgan fingerprint density at radius 2 is 1.67 bits per heavy atom. The van der Waals surface area contributed by atoms with Gasteiger partial charge < -0.3 is 15.2 Å². The van der Waals surface area contributed by atoms with Gasteiger partial charge in [0, 0.05) is 0 Å². The number of imide groups is 1. The van der Waals surface area contributed by atoms with Crippen LogP contribution >= 0.6 is 0 Å². The molecule has 0 aliphatic carbocycles. The Balaban J connectivity index is 2.73. The van der Waals surface area contributed by atoms with E-state index in [9.17, 15) is 14.4 Å². The molecule has 24 heavy (non-hydrogen) atoms. The number of urea groups is 1. The Bertz CT molecular complexity index is 581. The summed E-state index contributed by atoms with van der Waals surface area (Å²) in [4.78, 5) is 34.8. The van der Waals surface area contributed by atoms with Crippen molar-refractivity contribution >= 4 is 17.9 Å². The predicted octanol–water partition coefficient (Wildman–Crippen LogP) is 2.10. The number of carbonyl (C=O) groups excluding carboxylic acids is 3. The number of amides is 3. The molecule has 0 unspecified atom stereocenters. The normalized spacial score (nSPS) is 11.9. The molecule has 0 saturated heterocycles. The molecule has 3 amide bonds. The van der Waals surface area contributed by atoms with E-state index >= 15 is 0 Å². The molecule has 0 fully saturated rings. The predicted molar refractivity (Wildman–Crippen MR) is 88.5 cm³/mol. The highest BCUT2D eigenvalue weighted by Crippen LogP contribution is 2.16. The van der Waals surface area contributed by atoms with Gasteiger partial charge in [0.1, 0.15) is 5.75 Å². The van der Waals surface area contributed by atoms with Crippen LogP contribution in [0.15, 0.2) is 24.3 Å². The Labute approximate surface area is 141 Å². The fourth-order valence-corrected chi connectivity index (χ4v) is 1.82. The van der Waals surface area contributed by atoms with Crippen LogP contribution in [0.4, 0.5) is 4.79 Å². The van der Waals surface area contributed by atoms with Crippen LogP contribution in [0.1, 0.15) is 38.1 Å². The summed E-state index contributed by atoms with van der Waals surface area (Å²) in [5, 5.41) is 1.92. The van der Waals surface area contributed by atoms with Crippen molar-refractivity contribution in [3.05, 3.63) is 29.8 Å². The molecule has 0 aliphatic rings. The lowest BCUT2D eigenvalue weighted by molar-refractivity contribution is -0.130. The van der Waals surface area contributed by atoms with Crippen LogP contribution < -0.4 is 15.8 Å². The summed E-state index contributed by atoms with van der Waals surface area (Å²) < 4.78 is 10.7. The number of nitrogens with one attached hydrogen (secondary N) is 1. The number of hydrogen-bond donors (Lipinski definition) is 2. The van der Waals surface area contributed by atoms with Gasteiger partial charge in [0.05, 0.1) is 12.2 Å². The molecular weight excluding hydrogens is 312 g/mol. The largest absolute Gasteiger partial charge is 0.493 e. The van der Waals surface area contributed by atoms with Gasteiger partial charge >= 0.3 is 12.0 Å². The van der Waals surface area contributed by atoms with Crippen molar-refractivity contribution in [2.45, 2.75) is 33.8 Å². The second kappa shape index (κ2) is 8.90. The maximum absolute atomic E-state index is 12.2. The standard InChI is InChI=1S/C17H24N2O5/c1-10(2)9-23-13-7-5-12(6-8-13)16(21)24-14(11(3)4)15(20)19-17(18)22/h5-8,10-11,14H,9H2,1-4H3,(H3,18,19,20,22)/t14-/m0/s1. The molecule has 1 rings (SSSR count). The summed E-state index contributed by atoms with van der Waals surface area (Å²) in [6.45, 7) is 8.04. The maximum atomic E-state index is 12.2. The van der Waals surface area contributed by atoms with Gasteiger partial charge in [-0.3, -0.25) is 10.1 Å². The van der Waals surface area contributed by atoms with E-state index in [1.165, 1.54) is 0 Å². The van der Waals surface area contributed by atoms with Crippen LogP contribution in [0.2, 0.25) is 0 Å². The van der Waals surface area contributed by atoms with Crippen molar-refractivity contribution in [2.75, 3.05) is 6.61 Å². The van der Waals surface area contributed by atoms with Gasteiger partial charge in [0.15, 0.2) is 6.10 Å². The lowest BCUT2D eigenvalue weighted by Crippen LogP contribution is -2.45. The number of nitrogens with two attached hydrogens (primary N) is 1. The van der Waals surface area contributed by atoms with Crippen LogP contribution in [-0.2, 0) is 9.53 Å². The Kier molecular flexibility index (Phi) is 7.23. The SMILES string of the molecule is CC(C)COc1ccc(C(=O)O[C@H](C(=O)NC(N)=O)C(C)C)cc1. The molecule has 3 N–H and O–H groups in total. The van der Waals surface area contributed by atoms with Gasteiger partial charge in [-0.05, 0) is 36.1 Å². The molecule has 1 atom stereocenters.